The van der Waals surface area contributed by atoms with Gasteiger partial charge in [0.25, 0.3) is 0 Å². The number of nitrogens with zero attached hydrogens (tertiary/aromatic N) is 1. The summed E-state index contributed by atoms with van der Waals surface area (Å²) in [6, 6.07) is 5.66. The van der Waals surface area contributed by atoms with Crippen molar-refractivity contribution in [2.24, 2.45) is 0 Å². The van der Waals surface area contributed by atoms with E-state index in [1.165, 1.54) is 0 Å². The molecule has 2 aliphatic heterocycles. The average molecular weight is 412 g/mol. The molecular formula is C14H20BrClN2O3S. The first-order valence-corrected chi connectivity index (χ1v) is 9.34. The van der Waals surface area contributed by atoms with Crippen molar-refractivity contribution < 1.29 is 13.2 Å². The lowest BCUT2D eigenvalue weighted by Gasteiger charge is -2.23. The zero-order valence-corrected chi connectivity index (χ0v) is 15.5. The van der Waals surface area contributed by atoms with Gasteiger partial charge in [-0.1, -0.05) is 0 Å². The molecule has 0 amide bonds. The summed E-state index contributed by atoms with van der Waals surface area (Å²) in [6.45, 7) is 1.14. The van der Waals surface area contributed by atoms with Crippen molar-refractivity contribution in [2.45, 2.75) is 36.2 Å². The molecule has 2 heterocycles. The fourth-order valence-electron chi connectivity index (χ4n) is 3.09. The van der Waals surface area contributed by atoms with Crippen molar-refractivity contribution in [3.8, 4) is 5.75 Å². The Hall–Kier alpha value is -0.340. The summed E-state index contributed by atoms with van der Waals surface area (Å²) in [6.07, 6.45) is 3.10. The highest BCUT2D eigenvalue weighted by molar-refractivity contribution is 9.10. The summed E-state index contributed by atoms with van der Waals surface area (Å²) in [7, 11) is -1.89. The number of benzene rings is 1. The molecule has 1 aromatic rings. The Kier molecular flexibility index (Phi) is 5.77. The van der Waals surface area contributed by atoms with Gasteiger partial charge in [-0.05, 0) is 53.4 Å². The molecule has 1 N–H and O–H groups in total. The zero-order valence-electron chi connectivity index (χ0n) is 12.3. The van der Waals surface area contributed by atoms with Gasteiger partial charge in [-0.3, -0.25) is 0 Å². The van der Waals surface area contributed by atoms with E-state index in [1.807, 2.05) is 0 Å². The predicted molar refractivity (Wildman–Crippen MR) is 91.3 cm³/mol. The molecule has 5 nitrogen and oxygen atoms in total. The van der Waals surface area contributed by atoms with E-state index in [4.69, 9.17) is 4.74 Å². The lowest BCUT2D eigenvalue weighted by molar-refractivity contribution is 0.383. The molecule has 2 aliphatic rings. The number of methoxy groups -OCH3 is 1. The normalized spacial score (nSPS) is 25.4. The second-order valence-electron chi connectivity index (χ2n) is 5.59. The van der Waals surface area contributed by atoms with E-state index in [-0.39, 0.29) is 18.4 Å². The molecule has 0 spiro atoms. The average Bonchev–Trinajstić information content (AvgIpc) is 2.77. The minimum Gasteiger partial charge on any atom is -0.496 e. The highest BCUT2D eigenvalue weighted by atomic mass is 79.9. The van der Waals surface area contributed by atoms with Gasteiger partial charge in [-0.2, -0.15) is 4.31 Å². The minimum atomic E-state index is -3.45. The first-order valence-electron chi connectivity index (χ1n) is 7.10. The van der Waals surface area contributed by atoms with Crippen LogP contribution in [0.4, 0.5) is 0 Å². The summed E-state index contributed by atoms with van der Waals surface area (Å²) in [5.74, 6) is 0.630. The van der Waals surface area contributed by atoms with Gasteiger partial charge in [0, 0.05) is 25.2 Å². The van der Waals surface area contributed by atoms with Crippen LogP contribution in [-0.2, 0) is 10.0 Å². The van der Waals surface area contributed by atoms with Crippen molar-refractivity contribution in [1.82, 2.24) is 9.62 Å². The molecule has 2 saturated heterocycles. The quantitative estimate of drug-likeness (QED) is 0.830. The third kappa shape index (κ3) is 3.43. The topological polar surface area (TPSA) is 58.6 Å². The molecule has 0 aliphatic carbocycles. The Balaban J connectivity index is 0.00000176. The van der Waals surface area contributed by atoms with Crippen LogP contribution in [0.2, 0.25) is 0 Å². The maximum absolute atomic E-state index is 12.8. The second kappa shape index (κ2) is 7.05. The van der Waals surface area contributed by atoms with Crippen LogP contribution < -0.4 is 10.1 Å². The molecule has 22 heavy (non-hydrogen) atoms. The molecule has 2 atom stereocenters. The fraction of sp³-hybridized carbons (Fsp3) is 0.571. The van der Waals surface area contributed by atoms with E-state index in [9.17, 15) is 8.42 Å². The minimum absolute atomic E-state index is 0. The van der Waals surface area contributed by atoms with Crippen molar-refractivity contribution in [2.75, 3.05) is 20.2 Å². The Morgan fingerprint density at radius 2 is 2.00 bits per heavy atom. The number of rotatable bonds is 3. The summed E-state index contributed by atoms with van der Waals surface area (Å²) < 4.78 is 33.0. The Morgan fingerprint density at radius 1 is 1.27 bits per heavy atom. The van der Waals surface area contributed by atoms with Crippen molar-refractivity contribution in [1.29, 1.82) is 0 Å². The van der Waals surface area contributed by atoms with Crippen LogP contribution in [0.5, 0.6) is 5.75 Å². The number of halogens is 2. The first kappa shape index (κ1) is 18.0. The fourth-order valence-corrected chi connectivity index (χ4v) is 5.30. The SMILES string of the molecule is COc1ccc(S(=O)(=O)N2CCC3CCC(C2)N3)cc1Br.Cl. The van der Waals surface area contributed by atoms with Gasteiger partial charge in [-0.25, -0.2) is 8.42 Å². The Morgan fingerprint density at radius 3 is 2.68 bits per heavy atom. The van der Waals surface area contributed by atoms with Gasteiger partial charge >= 0.3 is 0 Å². The van der Waals surface area contributed by atoms with Gasteiger partial charge in [0.15, 0.2) is 0 Å². The number of nitrogens with one attached hydrogen (secondary N) is 1. The number of fused-ring (bicyclic) bond motifs is 2. The number of hydrogen-bond acceptors (Lipinski definition) is 4. The summed E-state index contributed by atoms with van der Waals surface area (Å²) >= 11 is 3.35. The molecular weight excluding hydrogens is 392 g/mol. The lowest BCUT2D eigenvalue weighted by atomic mass is 10.1. The zero-order chi connectivity index (χ0) is 15.0. The predicted octanol–water partition coefficient (Wildman–Crippen LogP) is 2.39. The van der Waals surface area contributed by atoms with E-state index < -0.39 is 10.0 Å². The van der Waals surface area contributed by atoms with Crippen LogP contribution in [0.25, 0.3) is 0 Å². The molecule has 0 aromatic heterocycles. The number of ether oxygens (including phenoxy) is 1. The highest BCUT2D eigenvalue weighted by Gasteiger charge is 2.35. The largest absolute Gasteiger partial charge is 0.496 e. The van der Waals surface area contributed by atoms with Crippen LogP contribution in [0.3, 0.4) is 0 Å². The van der Waals surface area contributed by atoms with E-state index in [0.29, 0.717) is 34.2 Å². The second-order valence-corrected chi connectivity index (χ2v) is 8.38. The van der Waals surface area contributed by atoms with E-state index in [2.05, 4.69) is 21.2 Å². The van der Waals surface area contributed by atoms with Crippen LogP contribution in [0, 0.1) is 0 Å². The van der Waals surface area contributed by atoms with E-state index >= 15 is 0 Å². The summed E-state index contributed by atoms with van der Waals surface area (Å²) in [5.41, 5.74) is 0. The van der Waals surface area contributed by atoms with Crippen LogP contribution >= 0.6 is 28.3 Å². The summed E-state index contributed by atoms with van der Waals surface area (Å²) in [4.78, 5) is 0.313. The van der Waals surface area contributed by atoms with Crippen molar-refractivity contribution >= 4 is 38.4 Å². The van der Waals surface area contributed by atoms with E-state index in [1.54, 1.807) is 29.6 Å². The van der Waals surface area contributed by atoms with Crippen molar-refractivity contribution in [3.05, 3.63) is 22.7 Å². The molecule has 124 valence electrons. The Bertz CT molecular complexity index is 641. The maximum atomic E-state index is 12.8. The Labute approximate surface area is 146 Å². The number of sulfonamides is 1. The maximum Gasteiger partial charge on any atom is 0.243 e. The smallest absolute Gasteiger partial charge is 0.243 e. The molecule has 1 aromatic carbocycles. The lowest BCUT2D eigenvalue weighted by Crippen LogP contribution is -2.39. The van der Waals surface area contributed by atoms with Gasteiger partial charge in [0.1, 0.15) is 5.75 Å². The van der Waals surface area contributed by atoms with Crippen LogP contribution in [0.15, 0.2) is 27.6 Å². The van der Waals surface area contributed by atoms with Gasteiger partial charge in [0.05, 0.1) is 16.5 Å². The van der Waals surface area contributed by atoms with Crippen LogP contribution in [-0.4, -0.2) is 45.0 Å². The molecule has 3 rings (SSSR count). The van der Waals surface area contributed by atoms with Crippen molar-refractivity contribution in [3.63, 3.8) is 0 Å². The third-order valence-corrected chi connectivity index (χ3v) is 6.73. The molecule has 0 radical (unpaired) electrons. The standard InChI is InChI=1S/C14H19BrN2O3S.ClH/c1-20-14-5-4-12(8-13(14)15)21(18,19)17-7-6-10-2-3-11(9-17)16-10;/h4-5,8,10-11,16H,2-3,6-7,9H2,1H3;1H. The summed E-state index contributed by atoms with van der Waals surface area (Å²) in [5, 5.41) is 3.50. The van der Waals surface area contributed by atoms with Gasteiger partial charge in [-0.15, -0.1) is 12.4 Å². The first-order chi connectivity index (χ1) is 10.0. The van der Waals surface area contributed by atoms with Gasteiger partial charge < -0.3 is 10.1 Å². The van der Waals surface area contributed by atoms with Gasteiger partial charge in [0.2, 0.25) is 10.0 Å². The molecule has 0 saturated carbocycles. The van der Waals surface area contributed by atoms with E-state index in [0.717, 1.165) is 19.3 Å². The molecule has 2 fully saturated rings. The molecule has 8 heteroatoms. The number of hydrogen-bond donors (Lipinski definition) is 1. The van der Waals surface area contributed by atoms with Crippen LogP contribution in [0.1, 0.15) is 19.3 Å². The monoisotopic (exact) mass is 410 g/mol. The molecule has 2 bridgehead atoms. The highest BCUT2D eigenvalue weighted by Crippen LogP contribution is 2.30. The molecule has 2 unspecified atom stereocenters. The third-order valence-electron chi connectivity index (χ3n) is 4.25.